The van der Waals surface area contributed by atoms with Gasteiger partial charge in [0.1, 0.15) is 6.33 Å². The number of aromatic nitrogens is 4. The second-order valence-corrected chi connectivity index (χ2v) is 6.65. The van der Waals surface area contributed by atoms with Crippen LogP contribution in [-0.4, -0.2) is 39.6 Å². The van der Waals surface area contributed by atoms with E-state index in [-0.39, 0.29) is 0 Å². The normalized spacial score (nSPS) is 16.8. The fourth-order valence-electron chi connectivity index (χ4n) is 3.10. The molecule has 0 amide bonds. The zero-order valence-corrected chi connectivity index (χ0v) is 14.6. The lowest BCUT2D eigenvalue weighted by Crippen LogP contribution is -2.36. The maximum absolute atomic E-state index is 5.84. The van der Waals surface area contributed by atoms with Gasteiger partial charge in [-0.25, -0.2) is 19.9 Å². The van der Waals surface area contributed by atoms with E-state index in [1.54, 1.807) is 24.8 Å². The van der Waals surface area contributed by atoms with Gasteiger partial charge in [-0.1, -0.05) is 18.5 Å². The molecule has 2 aromatic rings. The van der Waals surface area contributed by atoms with Crippen LogP contribution in [0, 0.1) is 11.8 Å². The molecule has 3 rings (SSSR count). The van der Waals surface area contributed by atoms with E-state index in [0.717, 1.165) is 44.0 Å². The summed E-state index contributed by atoms with van der Waals surface area (Å²) in [5, 5.41) is 0.575. The van der Waals surface area contributed by atoms with Gasteiger partial charge in [-0.3, -0.25) is 0 Å². The first kappa shape index (κ1) is 16.9. The molecule has 0 aromatic carbocycles. The van der Waals surface area contributed by atoms with Crippen LogP contribution in [-0.2, 0) is 0 Å². The van der Waals surface area contributed by atoms with E-state index in [9.17, 15) is 0 Å². The molecule has 0 saturated carbocycles. The van der Waals surface area contributed by atoms with Crippen molar-refractivity contribution in [2.24, 2.45) is 11.8 Å². The van der Waals surface area contributed by atoms with Crippen molar-refractivity contribution in [2.45, 2.75) is 26.2 Å². The number of anilines is 1. The third-order valence-electron chi connectivity index (χ3n) is 4.61. The van der Waals surface area contributed by atoms with Crippen LogP contribution in [0.3, 0.4) is 0 Å². The maximum atomic E-state index is 5.84. The first-order valence-electron chi connectivity index (χ1n) is 8.32. The fourth-order valence-corrected chi connectivity index (χ4v) is 3.19. The summed E-state index contributed by atoms with van der Waals surface area (Å²) < 4.78 is 5.70. The molecule has 0 bridgehead atoms. The highest BCUT2D eigenvalue weighted by atomic mass is 35.5. The summed E-state index contributed by atoms with van der Waals surface area (Å²) in [7, 11) is 0. The number of piperidine rings is 1. The van der Waals surface area contributed by atoms with Gasteiger partial charge in [0.25, 0.3) is 0 Å². The predicted octanol–water partition coefficient (Wildman–Crippen LogP) is 3.24. The molecule has 1 fully saturated rings. The van der Waals surface area contributed by atoms with Crippen LogP contribution in [0.1, 0.15) is 26.2 Å². The van der Waals surface area contributed by atoms with Crippen LogP contribution >= 0.6 is 11.6 Å². The Morgan fingerprint density at radius 2 is 1.83 bits per heavy atom. The number of halogens is 1. The van der Waals surface area contributed by atoms with Gasteiger partial charge in [0.2, 0.25) is 5.95 Å². The standard InChI is InChI=1S/C17H22ClN5O/c1-13(4-7-24-16-10-19-12-20-11-16)14-2-5-23(6-3-14)17-21-8-15(18)9-22-17/h8-14H,2-7H2,1H3/t13-/m1/s1. The van der Waals surface area contributed by atoms with Crippen molar-refractivity contribution >= 4 is 17.5 Å². The van der Waals surface area contributed by atoms with Crippen LogP contribution < -0.4 is 9.64 Å². The van der Waals surface area contributed by atoms with E-state index in [2.05, 4.69) is 31.8 Å². The third-order valence-corrected chi connectivity index (χ3v) is 4.81. The summed E-state index contributed by atoms with van der Waals surface area (Å²) in [6, 6.07) is 0. The summed E-state index contributed by atoms with van der Waals surface area (Å²) >= 11 is 5.84. The summed E-state index contributed by atoms with van der Waals surface area (Å²) in [6.45, 7) is 4.99. The van der Waals surface area contributed by atoms with Crippen molar-refractivity contribution in [1.82, 2.24) is 19.9 Å². The lowest BCUT2D eigenvalue weighted by Gasteiger charge is -2.34. The number of hydrogen-bond donors (Lipinski definition) is 0. The Kier molecular flexibility index (Phi) is 5.80. The van der Waals surface area contributed by atoms with E-state index < -0.39 is 0 Å². The van der Waals surface area contributed by atoms with Crippen LogP contribution in [0.4, 0.5) is 5.95 Å². The quantitative estimate of drug-likeness (QED) is 0.799. The first-order valence-corrected chi connectivity index (χ1v) is 8.70. The van der Waals surface area contributed by atoms with Gasteiger partial charge < -0.3 is 9.64 Å². The molecule has 1 aliphatic heterocycles. The van der Waals surface area contributed by atoms with Crippen molar-refractivity contribution < 1.29 is 4.74 Å². The molecular formula is C17H22ClN5O. The number of hydrogen-bond acceptors (Lipinski definition) is 6. The van der Waals surface area contributed by atoms with Gasteiger partial charge in [-0.05, 0) is 31.1 Å². The van der Waals surface area contributed by atoms with Gasteiger partial charge in [0.15, 0.2) is 5.75 Å². The minimum atomic E-state index is 0.575. The molecular weight excluding hydrogens is 326 g/mol. The highest BCUT2D eigenvalue weighted by molar-refractivity contribution is 6.30. The topological polar surface area (TPSA) is 64.0 Å². The summed E-state index contributed by atoms with van der Waals surface area (Å²) in [5.41, 5.74) is 0. The minimum Gasteiger partial charge on any atom is -0.490 e. The number of ether oxygens (including phenoxy) is 1. The highest BCUT2D eigenvalue weighted by Gasteiger charge is 2.25. The monoisotopic (exact) mass is 347 g/mol. The zero-order valence-electron chi connectivity index (χ0n) is 13.8. The zero-order chi connectivity index (χ0) is 16.8. The van der Waals surface area contributed by atoms with Crippen molar-refractivity contribution in [2.75, 3.05) is 24.6 Å². The Morgan fingerprint density at radius 1 is 1.17 bits per heavy atom. The molecule has 6 nitrogen and oxygen atoms in total. The largest absolute Gasteiger partial charge is 0.490 e. The molecule has 0 N–H and O–H groups in total. The number of rotatable bonds is 6. The SMILES string of the molecule is C[C@H](CCOc1cncnc1)C1CCN(c2ncc(Cl)cn2)CC1. The molecule has 24 heavy (non-hydrogen) atoms. The van der Waals surface area contributed by atoms with Gasteiger partial charge in [0, 0.05) is 13.1 Å². The van der Waals surface area contributed by atoms with E-state index >= 15 is 0 Å². The average Bonchev–Trinajstić information content (AvgIpc) is 2.63. The molecule has 1 atom stereocenters. The highest BCUT2D eigenvalue weighted by Crippen LogP contribution is 2.28. The predicted molar refractivity (Wildman–Crippen MR) is 93.3 cm³/mol. The molecule has 7 heteroatoms. The van der Waals surface area contributed by atoms with E-state index in [4.69, 9.17) is 16.3 Å². The average molecular weight is 348 g/mol. The fraction of sp³-hybridized carbons (Fsp3) is 0.529. The smallest absolute Gasteiger partial charge is 0.225 e. The molecule has 0 aliphatic carbocycles. The Hall–Kier alpha value is -1.95. The van der Waals surface area contributed by atoms with Gasteiger partial charge in [-0.15, -0.1) is 0 Å². The van der Waals surface area contributed by atoms with E-state index in [1.165, 1.54) is 6.33 Å². The van der Waals surface area contributed by atoms with Crippen LogP contribution in [0.25, 0.3) is 0 Å². The molecule has 3 heterocycles. The van der Waals surface area contributed by atoms with Gasteiger partial charge in [-0.2, -0.15) is 0 Å². The van der Waals surface area contributed by atoms with Crippen molar-refractivity contribution in [3.63, 3.8) is 0 Å². The van der Waals surface area contributed by atoms with Crippen molar-refractivity contribution in [3.8, 4) is 5.75 Å². The molecule has 1 saturated heterocycles. The van der Waals surface area contributed by atoms with E-state index in [1.807, 2.05) is 0 Å². The summed E-state index contributed by atoms with van der Waals surface area (Å²) in [5.74, 6) is 2.85. The summed E-state index contributed by atoms with van der Waals surface area (Å²) in [6.07, 6.45) is 11.6. The lowest BCUT2D eigenvalue weighted by molar-refractivity contribution is 0.222. The molecule has 0 spiro atoms. The van der Waals surface area contributed by atoms with Crippen LogP contribution in [0.5, 0.6) is 5.75 Å². The second kappa shape index (κ2) is 8.24. The van der Waals surface area contributed by atoms with Crippen LogP contribution in [0.2, 0.25) is 5.02 Å². The van der Waals surface area contributed by atoms with Gasteiger partial charge >= 0.3 is 0 Å². The molecule has 2 aromatic heterocycles. The van der Waals surface area contributed by atoms with Crippen molar-refractivity contribution in [3.05, 3.63) is 36.1 Å². The molecule has 1 aliphatic rings. The minimum absolute atomic E-state index is 0.575. The second-order valence-electron chi connectivity index (χ2n) is 6.21. The molecule has 0 unspecified atom stereocenters. The van der Waals surface area contributed by atoms with Crippen molar-refractivity contribution in [1.29, 1.82) is 0 Å². The number of nitrogens with zero attached hydrogens (tertiary/aromatic N) is 5. The first-order chi connectivity index (χ1) is 11.7. The molecule has 128 valence electrons. The Balaban J connectivity index is 1.41. The summed E-state index contributed by atoms with van der Waals surface area (Å²) in [4.78, 5) is 18.8. The van der Waals surface area contributed by atoms with Gasteiger partial charge in [0.05, 0.1) is 36.4 Å². The Labute approximate surface area is 147 Å². The lowest BCUT2D eigenvalue weighted by atomic mass is 9.84. The third kappa shape index (κ3) is 4.54. The van der Waals surface area contributed by atoms with Crippen LogP contribution in [0.15, 0.2) is 31.1 Å². The van der Waals surface area contributed by atoms with E-state index in [0.29, 0.717) is 23.5 Å². The Bertz CT molecular complexity index is 617. The molecule has 0 radical (unpaired) electrons. The maximum Gasteiger partial charge on any atom is 0.225 e. The Morgan fingerprint density at radius 3 is 2.50 bits per heavy atom.